The van der Waals surface area contributed by atoms with Gasteiger partial charge in [0.05, 0.1) is 14.2 Å². The van der Waals surface area contributed by atoms with Crippen LogP contribution in [0.25, 0.3) is 0 Å². The molecule has 0 saturated carbocycles. The Balaban J connectivity index is 1.41. The first-order chi connectivity index (χ1) is 14.0. The maximum atomic E-state index is 12.6. The summed E-state index contributed by atoms with van der Waals surface area (Å²) in [6.45, 7) is 3.61. The second kappa shape index (κ2) is 9.93. The zero-order valence-electron chi connectivity index (χ0n) is 17.1. The van der Waals surface area contributed by atoms with E-state index < -0.39 is 0 Å². The average molecular weight is 397 g/mol. The van der Waals surface area contributed by atoms with Gasteiger partial charge in [0, 0.05) is 37.6 Å². The number of rotatable bonds is 7. The van der Waals surface area contributed by atoms with Crippen LogP contribution < -0.4 is 19.9 Å². The van der Waals surface area contributed by atoms with Gasteiger partial charge in [-0.15, -0.1) is 0 Å². The molecule has 1 saturated heterocycles. The topological polar surface area (TPSA) is 66.3 Å². The van der Waals surface area contributed by atoms with E-state index in [1.165, 1.54) is 5.69 Å². The van der Waals surface area contributed by atoms with Gasteiger partial charge < -0.3 is 24.8 Å². The molecule has 0 radical (unpaired) electrons. The molecule has 29 heavy (non-hydrogen) atoms. The minimum absolute atomic E-state index is 0.0902. The standard InChI is InChI=1S/C22H28N4O3/c1-24(16-21(27)23-18-8-10-20(29-2)11-9-18)17-22(28)26-14-12-25(13-15-26)19-6-4-3-5-7-19/h3-11H,12-17H2,1-2H3,(H,23,27)/p+1. The van der Waals surface area contributed by atoms with Crippen molar-refractivity contribution in [3.8, 4) is 5.75 Å². The number of anilines is 2. The van der Waals surface area contributed by atoms with Crippen molar-refractivity contribution in [3.63, 3.8) is 0 Å². The van der Waals surface area contributed by atoms with Crippen molar-refractivity contribution in [2.24, 2.45) is 0 Å². The molecule has 3 rings (SSSR count). The summed E-state index contributed by atoms with van der Waals surface area (Å²) in [6.07, 6.45) is 0. The Hall–Kier alpha value is -3.06. The van der Waals surface area contributed by atoms with Crippen LogP contribution in [0.1, 0.15) is 0 Å². The van der Waals surface area contributed by atoms with E-state index in [0.717, 1.165) is 23.7 Å². The highest BCUT2D eigenvalue weighted by molar-refractivity contribution is 5.91. The van der Waals surface area contributed by atoms with Gasteiger partial charge in [-0.05, 0) is 36.4 Å². The number of para-hydroxylation sites is 1. The van der Waals surface area contributed by atoms with Gasteiger partial charge in [0.2, 0.25) is 0 Å². The first kappa shape index (κ1) is 20.7. The number of hydrogen-bond acceptors (Lipinski definition) is 4. The lowest BCUT2D eigenvalue weighted by atomic mass is 10.2. The number of ether oxygens (including phenoxy) is 1. The van der Waals surface area contributed by atoms with Crippen molar-refractivity contribution in [2.75, 3.05) is 63.6 Å². The van der Waals surface area contributed by atoms with Crippen LogP contribution in [-0.2, 0) is 9.59 Å². The van der Waals surface area contributed by atoms with Crippen molar-refractivity contribution in [3.05, 3.63) is 54.6 Å². The summed E-state index contributed by atoms with van der Waals surface area (Å²) in [6, 6.07) is 17.4. The minimum Gasteiger partial charge on any atom is -0.497 e. The SMILES string of the molecule is COc1ccc(NC(=O)C[NH+](C)CC(=O)N2CCN(c3ccccc3)CC2)cc1. The maximum Gasteiger partial charge on any atom is 0.279 e. The largest absolute Gasteiger partial charge is 0.497 e. The molecule has 154 valence electrons. The average Bonchev–Trinajstić information content (AvgIpc) is 2.74. The lowest BCUT2D eigenvalue weighted by molar-refractivity contribution is -0.862. The van der Waals surface area contributed by atoms with E-state index in [0.29, 0.717) is 25.3 Å². The van der Waals surface area contributed by atoms with Gasteiger partial charge in [-0.2, -0.15) is 0 Å². The van der Waals surface area contributed by atoms with Gasteiger partial charge in [0.1, 0.15) is 5.75 Å². The van der Waals surface area contributed by atoms with Gasteiger partial charge in [-0.25, -0.2) is 0 Å². The molecule has 1 aliphatic heterocycles. The van der Waals surface area contributed by atoms with Gasteiger partial charge in [-0.1, -0.05) is 18.2 Å². The molecular formula is C22H29N4O3+. The first-order valence-corrected chi connectivity index (χ1v) is 9.88. The first-order valence-electron chi connectivity index (χ1n) is 9.88. The van der Waals surface area contributed by atoms with Gasteiger partial charge in [-0.3, -0.25) is 9.59 Å². The lowest BCUT2D eigenvalue weighted by Gasteiger charge is -2.36. The number of amides is 2. The third-order valence-electron chi connectivity index (χ3n) is 5.04. The molecule has 0 spiro atoms. The molecule has 1 fully saturated rings. The molecule has 0 bridgehead atoms. The Morgan fingerprint density at radius 1 is 0.966 bits per heavy atom. The van der Waals surface area contributed by atoms with Crippen LogP contribution in [-0.4, -0.2) is 70.1 Å². The molecule has 1 heterocycles. The molecule has 2 amide bonds. The summed E-state index contributed by atoms with van der Waals surface area (Å²) in [5, 5.41) is 2.85. The number of piperazine rings is 1. The highest BCUT2D eigenvalue weighted by Gasteiger charge is 2.24. The molecule has 2 N–H and O–H groups in total. The fraction of sp³-hybridized carbons (Fsp3) is 0.364. The summed E-state index contributed by atoms with van der Waals surface area (Å²) < 4.78 is 5.11. The fourth-order valence-electron chi connectivity index (χ4n) is 3.44. The number of methoxy groups -OCH3 is 1. The molecule has 1 aliphatic rings. The highest BCUT2D eigenvalue weighted by atomic mass is 16.5. The van der Waals surface area contributed by atoms with Gasteiger partial charge in [0.25, 0.3) is 11.8 Å². The third kappa shape index (κ3) is 5.96. The Morgan fingerprint density at radius 3 is 2.24 bits per heavy atom. The number of quaternary nitrogens is 1. The Labute approximate surface area is 171 Å². The fourth-order valence-corrected chi connectivity index (χ4v) is 3.44. The minimum atomic E-state index is -0.116. The van der Waals surface area contributed by atoms with E-state index in [4.69, 9.17) is 4.74 Å². The summed E-state index contributed by atoms with van der Waals surface area (Å²) in [4.78, 5) is 29.9. The third-order valence-corrected chi connectivity index (χ3v) is 5.04. The maximum absolute atomic E-state index is 12.6. The molecule has 7 nitrogen and oxygen atoms in total. The van der Waals surface area contributed by atoms with E-state index in [2.05, 4.69) is 22.3 Å². The second-order valence-electron chi connectivity index (χ2n) is 7.29. The van der Waals surface area contributed by atoms with Crippen LogP contribution in [0, 0.1) is 0 Å². The van der Waals surface area contributed by atoms with Crippen molar-refractivity contribution in [1.29, 1.82) is 0 Å². The molecule has 1 unspecified atom stereocenters. The Kier molecular flexibility index (Phi) is 7.08. The van der Waals surface area contributed by atoms with Crippen LogP contribution in [0.4, 0.5) is 11.4 Å². The molecule has 2 aromatic carbocycles. The molecule has 0 aliphatic carbocycles. The number of carbonyl (C=O) groups is 2. The van der Waals surface area contributed by atoms with Gasteiger partial charge in [0.15, 0.2) is 13.1 Å². The van der Waals surface area contributed by atoms with Crippen molar-refractivity contribution >= 4 is 23.2 Å². The second-order valence-corrected chi connectivity index (χ2v) is 7.29. The quantitative estimate of drug-likeness (QED) is 0.714. The summed E-state index contributed by atoms with van der Waals surface area (Å²) in [7, 11) is 3.47. The summed E-state index contributed by atoms with van der Waals surface area (Å²) in [5.41, 5.74) is 1.91. The molecule has 0 aromatic heterocycles. The van der Waals surface area contributed by atoms with Crippen molar-refractivity contribution in [1.82, 2.24) is 4.90 Å². The number of benzene rings is 2. The number of carbonyl (C=O) groups excluding carboxylic acids is 2. The normalized spacial score (nSPS) is 15.0. The number of nitrogens with one attached hydrogen (secondary N) is 2. The number of hydrogen-bond donors (Lipinski definition) is 2. The molecular weight excluding hydrogens is 368 g/mol. The monoisotopic (exact) mass is 397 g/mol. The smallest absolute Gasteiger partial charge is 0.279 e. The zero-order valence-corrected chi connectivity index (χ0v) is 17.1. The molecule has 1 atom stereocenters. The molecule has 7 heteroatoms. The zero-order chi connectivity index (χ0) is 20.6. The number of likely N-dealkylation sites (N-methyl/N-ethyl adjacent to an activating group) is 1. The van der Waals surface area contributed by atoms with Crippen LogP contribution in [0.3, 0.4) is 0 Å². The van der Waals surface area contributed by atoms with E-state index >= 15 is 0 Å². The van der Waals surface area contributed by atoms with E-state index in [9.17, 15) is 9.59 Å². The van der Waals surface area contributed by atoms with Crippen LogP contribution in [0.5, 0.6) is 5.75 Å². The van der Waals surface area contributed by atoms with Crippen LogP contribution >= 0.6 is 0 Å². The summed E-state index contributed by atoms with van der Waals surface area (Å²) >= 11 is 0. The van der Waals surface area contributed by atoms with Crippen molar-refractivity contribution < 1.29 is 19.2 Å². The van der Waals surface area contributed by atoms with E-state index in [1.807, 2.05) is 30.1 Å². The predicted octanol–water partition coefficient (Wildman–Crippen LogP) is 0.497. The Bertz CT molecular complexity index is 803. The van der Waals surface area contributed by atoms with E-state index in [1.54, 1.807) is 31.4 Å². The predicted molar refractivity (Wildman–Crippen MR) is 113 cm³/mol. The summed E-state index contributed by atoms with van der Waals surface area (Å²) in [5.74, 6) is 0.713. The highest BCUT2D eigenvalue weighted by Crippen LogP contribution is 2.16. The van der Waals surface area contributed by atoms with Crippen molar-refractivity contribution in [2.45, 2.75) is 0 Å². The molecule has 2 aromatic rings. The number of nitrogens with zero attached hydrogens (tertiary/aromatic N) is 2. The van der Waals surface area contributed by atoms with Gasteiger partial charge >= 0.3 is 0 Å². The van der Waals surface area contributed by atoms with Crippen LogP contribution in [0.15, 0.2) is 54.6 Å². The van der Waals surface area contributed by atoms with E-state index in [-0.39, 0.29) is 18.4 Å². The lowest BCUT2D eigenvalue weighted by Crippen LogP contribution is -3.11. The van der Waals surface area contributed by atoms with Crippen LogP contribution in [0.2, 0.25) is 0 Å². The Morgan fingerprint density at radius 2 is 1.62 bits per heavy atom.